The number of hydrogen-bond donors (Lipinski definition) is 1. The van der Waals surface area contributed by atoms with Gasteiger partial charge in [0.2, 0.25) is 0 Å². The fourth-order valence-corrected chi connectivity index (χ4v) is 2.63. The lowest BCUT2D eigenvalue weighted by atomic mass is 10.2. The monoisotopic (exact) mass is 374 g/mol. The van der Waals surface area contributed by atoms with Crippen molar-refractivity contribution in [1.29, 1.82) is 0 Å². The van der Waals surface area contributed by atoms with Crippen molar-refractivity contribution in [2.24, 2.45) is 0 Å². The van der Waals surface area contributed by atoms with Crippen LogP contribution in [0.4, 0.5) is 9.18 Å². The van der Waals surface area contributed by atoms with Crippen molar-refractivity contribution in [3.63, 3.8) is 0 Å². The van der Waals surface area contributed by atoms with Crippen molar-refractivity contribution in [1.82, 2.24) is 10.2 Å². The Hall–Kier alpha value is -2.47. The molecule has 1 saturated heterocycles. The van der Waals surface area contributed by atoms with E-state index in [4.69, 9.17) is 0 Å². The first-order chi connectivity index (χ1) is 11.0. The van der Waals surface area contributed by atoms with Crippen LogP contribution in [0, 0.1) is 5.82 Å². The molecule has 6 heteroatoms. The summed E-state index contributed by atoms with van der Waals surface area (Å²) in [7, 11) is 0. The topological polar surface area (TPSA) is 49.4 Å². The summed E-state index contributed by atoms with van der Waals surface area (Å²) in [4.78, 5) is 25.5. The molecule has 116 valence electrons. The first-order valence-corrected chi connectivity index (χ1v) is 7.67. The zero-order valence-corrected chi connectivity index (χ0v) is 13.5. The van der Waals surface area contributed by atoms with Gasteiger partial charge in [-0.15, -0.1) is 0 Å². The summed E-state index contributed by atoms with van der Waals surface area (Å²) in [5.41, 5.74) is 1.68. The van der Waals surface area contributed by atoms with Crippen molar-refractivity contribution < 1.29 is 14.0 Å². The minimum absolute atomic E-state index is 0.0955. The van der Waals surface area contributed by atoms with Gasteiger partial charge in [0, 0.05) is 4.47 Å². The first-order valence-electron chi connectivity index (χ1n) is 6.88. The van der Waals surface area contributed by atoms with Gasteiger partial charge in [0.05, 0.1) is 6.54 Å². The predicted octanol–water partition coefficient (Wildman–Crippen LogP) is 3.68. The molecule has 0 atom stereocenters. The number of nitrogens with one attached hydrogen (secondary N) is 1. The number of rotatable bonds is 3. The van der Waals surface area contributed by atoms with Crippen LogP contribution in [0.15, 0.2) is 58.7 Å². The largest absolute Gasteiger partial charge is 0.329 e. The summed E-state index contributed by atoms with van der Waals surface area (Å²) in [6, 6.07) is 12.6. The number of urea groups is 1. The molecule has 2 aromatic rings. The number of benzene rings is 2. The van der Waals surface area contributed by atoms with Crippen molar-refractivity contribution in [2.45, 2.75) is 6.54 Å². The molecule has 2 aromatic carbocycles. The molecule has 0 aromatic heterocycles. The lowest BCUT2D eigenvalue weighted by Crippen LogP contribution is -2.30. The Morgan fingerprint density at radius 1 is 1.09 bits per heavy atom. The maximum absolute atomic E-state index is 12.9. The van der Waals surface area contributed by atoms with E-state index in [-0.39, 0.29) is 18.1 Å². The fraction of sp³-hybridized carbons (Fsp3) is 0.0588. The van der Waals surface area contributed by atoms with E-state index in [9.17, 15) is 14.0 Å². The van der Waals surface area contributed by atoms with E-state index < -0.39 is 11.9 Å². The van der Waals surface area contributed by atoms with Crippen LogP contribution < -0.4 is 5.32 Å². The Morgan fingerprint density at radius 2 is 1.78 bits per heavy atom. The van der Waals surface area contributed by atoms with Gasteiger partial charge in [0.25, 0.3) is 5.91 Å². The van der Waals surface area contributed by atoms with Crippen molar-refractivity contribution in [3.8, 4) is 0 Å². The predicted molar refractivity (Wildman–Crippen MR) is 87.6 cm³/mol. The third kappa shape index (κ3) is 3.32. The second-order valence-corrected chi connectivity index (χ2v) is 5.88. The molecule has 4 nitrogen and oxygen atoms in total. The van der Waals surface area contributed by atoms with Crippen LogP contribution in [0.25, 0.3) is 6.08 Å². The van der Waals surface area contributed by atoms with E-state index in [1.165, 1.54) is 12.1 Å². The molecule has 3 rings (SSSR count). The lowest BCUT2D eigenvalue weighted by Gasteiger charge is -2.11. The van der Waals surface area contributed by atoms with Gasteiger partial charge in [-0.05, 0) is 35.4 Å². The summed E-state index contributed by atoms with van der Waals surface area (Å²) in [5.74, 6) is -0.768. The van der Waals surface area contributed by atoms with Gasteiger partial charge in [-0.2, -0.15) is 0 Å². The van der Waals surface area contributed by atoms with Crippen molar-refractivity contribution in [3.05, 3.63) is 75.6 Å². The molecule has 0 saturated carbocycles. The van der Waals surface area contributed by atoms with Crippen LogP contribution in [-0.4, -0.2) is 16.8 Å². The number of carbonyl (C=O) groups is 2. The Morgan fingerprint density at radius 3 is 2.48 bits per heavy atom. The highest BCUT2D eigenvalue weighted by atomic mass is 79.9. The van der Waals surface area contributed by atoms with Gasteiger partial charge in [-0.1, -0.05) is 46.3 Å². The number of amides is 3. The SMILES string of the molecule is O=C1NC(=Cc2ccccc2Br)C(=O)N1Cc1ccc(F)cc1. The molecule has 1 fully saturated rings. The number of imide groups is 1. The second-order valence-electron chi connectivity index (χ2n) is 5.03. The smallest absolute Gasteiger partial charge is 0.303 e. The third-order valence-electron chi connectivity index (χ3n) is 3.42. The highest BCUT2D eigenvalue weighted by Gasteiger charge is 2.33. The molecule has 0 unspecified atom stereocenters. The van der Waals surface area contributed by atoms with Crippen LogP contribution >= 0.6 is 15.9 Å². The van der Waals surface area contributed by atoms with Crippen molar-refractivity contribution >= 4 is 33.9 Å². The van der Waals surface area contributed by atoms with E-state index >= 15 is 0 Å². The summed E-state index contributed by atoms with van der Waals surface area (Å²) >= 11 is 3.40. The summed E-state index contributed by atoms with van der Waals surface area (Å²) < 4.78 is 13.7. The van der Waals surface area contributed by atoms with E-state index in [2.05, 4.69) is 21.2 Å². The van der Waals surface area contributed by atoms with Crippen LogP contribution in [-0.2, 0) is 11.3 Å². The van der Waals surface area contributed by atoms with E-state index in [1.54, 1.807) is 18.2 Å². The Bertz CT molecular complexity index is 802. The lowest BCUT2D eigenvalue weighted by molar-refractivity contribution is -0.123. The second kappa shape index (κ2) is 6.34. The maximum atomic E-state index is 12.9. The van der Waals surface area contributed by atoms with Crippen molar-refractivity contribution in [2.75, 3.05) is 0 Å². The van der Waals surface area contributed by atoms with Gasteiger partial charge in [-0.25, -0.2) is 9.18 Å². The van der Waals surface area contributed by atoms with Crippen LogP contribution in [0.3, 0.4) is 0 Å². The zero-order chi connectivity index (χ0) is 16.4. The molecule has 0 aliphatic carbocycles. The van der Waals surface area contributed by atoms with E-state index in [1.807, 2.05) is 24.3 Å². The molecule has 0 radical (unpaired) electrons. The van der Waals surface area contributed by atoms with Gasteiger partial charge < -0.3 is 5.32 Å². The molecular formula is C17H12BrFN2O2. The maximum Gasteiger partial charge on any atom is 0.329 e. The summed E-state index contributed by atoms with van der Waals surface area (Å²) in [6.07, 6.45) is 1.62. The Labute approximate surface area is 140 Å². The van der Waals surface area contributed by atoms with Gasteiger partial charge in [0.1, 0.15) is 11.5 Å². The zero-order valence-electron chi connectivity index (χ0n) is 11.9. The number of hydrogen-bond acceptors (Lipinski definition) is 2. The third-order valence-corrected chi connectivity index (χ3v) is 4.14. The normalized spacial score (nSPS) is 16.1. The van der Waals surface area contributed by atoms with Gasteiger partial charge >= 0.3 is 6.03 Å². The number of halogens is 2. The highest BCUT2D eigenvalue weighted by molar-refractivity contribution is 9.10. The Balaban J connectivity index is 1.82. The summed E-state index contributed by atoms with van der Waals surface area (Å²) in [5, 5.41) is 2.56. The van der Waals surface area contributed by atoms with Crippen LogP contribution in [0.1, 0.15) is 11.1 Å². The molecule has 23 heavy (non-hydrogen) atoms. The summed E-state index contributed by atoms with van der Waals surface area (Å²) in [6.45, 7) is 0.0955. The molecular weight excluding hydrogens is 363 g/mol. The first kappa shape index (κ1) is 15.4. The molecule has 1 heterocycles. The minimum atomic E-state index is -0.488. The molecule has 0 bridgehead atoms. The molecule has 1 aliphatic rings. The van der Waals surface area contributed by atoms with E-state index in [0.717, 1.165) is 14.9 Å². The average Bonchev–Trinajstić information content (AvgIpc) is 2.79. The quantitative estimate of drug-likeness (QED) is 0.657. The van der Waals surface area contributed by atoms with Gasteiger partial charge in [-0.3, -0.25) is 9.69 Å². The molecule has 0 spiro atoms. The van der Waals surface area contributed by atoms with Crippen LogP contribution in [0.5, 0.6) is 0 Å². The highest BCUT2D eigenvalue weighted by Crippen LogP contribution is 2.21. The molecule has 3 amide bonds. The number of carbonyl (C=O) groups excluding carboxylic acids is 2. The standard InChI is InChI=1S/C17H12BrFN2O2/c18-14-4-2-1-3-12(14)9-15-16(22)21(17(23)20-15)10-11-5-7-13(19)8-6-11/h1-9H,10H2,(H,20,23). The van der Waals surface area contributed by atoms with Gasteiger partial charge in [0.15, 0.2) is 0 Å². The molecule has 1 aliphatic heterocycles. The van der Waals surface area contributed by atoms with Crippen LogP contribution in [0.2, 0.25) is 0 Å². The van der Waals surface area contributed by atoms with E-state index in [0.29, 0.717) is 5.56 Å². The molecule has 1 N–H and O–H groups in total. The average molecular weight is 375 g/mol. The number of nitrogens with zero attached hydrogens (tertiary/aromatic N) is 1. The fourth-order valence-electron chi connectivity index (χ4n) is 2.24. The Kier molecular flexibility index (Phi) is 4.25. The minimum Gasteiger partial charge on any atom is -0.303 e.